The zero-order valence-corrected chi connectivity index (χ0v) is 16.2. The van der Waals surface area contributed by atoms with Gasteiger partial charge in [0.2, 0.25) is 11.8 Å². The van der Waals surface area contributed by atoms with Crippen LogP contribution in [0.15, 0.2) is 48.5 Å². The number of rotatable bonds is 8. The molecule has 0 aliphatic rings. The Morgan fingerprint density at radius 2 is 1.70 bits per heavy atom. The van der Waals surface area contributed by atoms with Crippen LogP contribution in [0.5, 0.6) is 0 Å². The molecular formula is C22H27FN2O2. The van der Waals surface area contributed by atoms with Crippen LogP contribution >= 0.6 is 0 Å². The Bertz CT molecular complexity index is 774. The maximum Gasteiger partial charge on any atom is 0.242 e. The molecule has 0 radical (unpaired) electrons. The number of carbonyl (C=O) groups excluding carboxylic acids is 2. The topological polar surface area (TPSA) is 49.4 Å². The largest absolute Gasteiger partial charge is 0.357 e. The first-order valence-electron chi connectivity index (χ1n) is 9.28. The lowest BCUT2D eigenvalue weighted by Crippen LogP contribution is -2.46. The summed E-state index contributed by atoms with van der Waals surface area (Å²) in [6, 6.07) is 13.8. The molecule has 2 aromatic rings. The Hall–Kier alpha value is -2.69. The number of hydrogen-bond acceptors (Lipinski definition) is 2. The van der Waals surface area contributed by atoms with Crippen LogP contribution < -0.4 is 5.32 Å². The molecule has 144 valence electrons. The quantitative estimate of drug-likeness (QED) is 0.773. The molecule has 4 nitrogen and oxygen atoms in total. The predicted molar refractivity (Wildman–Crippen MR) is 105 cm³/mol. The number of benzene rings is 2. The van der Waals surface area contributed by atoms with Crippen molar-refractivity contribution in [1.29, 1.82) is 0 Å². The summed E-state index contributed by atoms with van der Waals surface area (Å²) in [6.07, 6.45) is 1.82. The van der Waals surface area contributed by atoms with Crippen LogP contribution in [0.4, 0.5) is 4.39 Å². The van der Waals surface area contributed by atoms with Gasteiger partial charge in [-0.2, -0.15) is 0 Å². The molecule has 1 atom stereocenters. The zero-order chi connectivity index (χ0) is 19.8. The Morgan fingerprint density at radius 3 is 2.30 bits per heavy atom. The van der Waals surface area contributed by atoms with Crippen LogP contribution in [0, 0.1) is 5.82 Å². The Kier molecular flexibility index (Phi) is 7.53. The van der Waals surface area contributed by atoms with E-state index >= 15 is 0 Å². The average Bonchev–Trinajstić information content (AvgIpc) is 2.70. The van der Waals surface area contributed by atoms with Gasteiger partial charge >= 0.3 is 0 Å². The molecular weight excluding hydrogens is 343 g/mol. The van der Waals surface area contributed by atoms with E-state index in [0.717, 1.165) is 12.0 Å². The van der Waals surface area contributed by atoms with Crippen LogP contribution in [0.1, 0.15) is 37.0 Å². The van der Waals surface area contributed by atoms with E-state index in [2.05, 4.69) is 24.4 Å². The Labute approximate surface area is 160 Å². The van der Waals surface area contributed by atoms with E-state index in [9.17, 15) is 14.0 Å². The van der Waals surface area contributed by atoms with E-state index in [1.165, 1.54) is 23.6 Å². The van der Waals surface area contributed by atoms with Gasteiger partial charge in [0, 0.05) is 25.6 Å². The molecule has 0 heterocycles. The summed E-state index contributed by atoms with van der Waals surface area (Å²) in [5.41, 5.74) is 2.72. The summed E-state index contributed by atoms with van der Waals surface area (Å²) in [4.78, 5) is 26.4. The number of aryl methyl sites for hydroxylation is 2. The Balaban J connectivity index is 2.12. The summed E-state index contributed by atoms with van der Waals surface area (Å²) < 4.78 is 14.0. The van der Waals surface area contributed by atoms with Crippen molar-refractivity contribution in [1.82, 2.24) is 10.2 Å². The smallest absolute Gasteiger partial charge is 0.242 e. The van der Waals surface area contributed by atoms with Crippen LogP contribution in [0.25, 0.3) is 0 Å². The van der Waals surface area contributed by atoms with Crippen LogP contribution in [-0.2, 0) is 29.0 Å². The van der Waals surface area contributed by atoms with Crippen molar-refractivity contribution in [2.45, 2.75) is 45.7 Å². The minimum Gasteiger partial charge on any atom is -0.357 e. The van der Waals surface area contributed by atoms with E-state index in [1.54, 1.807) is 25.1 Å². The third-order valence-electron chi connectivity index (χ3n) is 4.77. The first kappa shape index (κ1) is 20.6. The highest BCUT2D eigenvalue weighted by atomic mass is 19.1. The first-order valence-corrected chi connectivity index (χ1v) is 9.28. The summed E-state index contributed by atoms with van der Waals surface area (Å²) in [7, 11) is 1.53. The molecule has 0 spiro atoms. The molecule has 0 bridgehead atoms. The maximum atomic E-state index is 14.0. The molecule has 0 saturated carbocycles. The molecule has 1 N–H and O–H groups in total. The van der Waals surface area contributed by atoms with Gasteiger partial charge in [-0.15, -0.1) is 0 Å². The van der Waals surface area contributed by atoms with E-state index in [0.29, 0.717) is 12.0 Å². The average molecular weight is 370 g/mol. The number of hydrogen-bond donors (Lipinski definition) is 1. The maximum absolute atomic E-state index is 14.0. The van der Waals surface area contributed by atoms with Crippen LogP contribution in [0.3, 0.4) is 0 Å². The van der Waals surface area contributed by atoms with Gasteiger partial charge < -0.3 is 10.2 Å². The van der Waals surface area contributed by atoms with Crippen molar-refractivity contribution in [3.05, 3.63) is 71.0 Å². The molecule has 0 unspecified atom stereocenters. The summed E-state index contributed by atoms with van der Waals surface area (Å²) >= 11 is 0. The minimum atomic E-state index is -0.676. The number of nitrogens with zero attached hydrogens (tertiary/aromatic N) is 1. The number of likely N-dealkylation sites (N-methyl/N-ethyl adjacent to an activating group) is 1. The monoisotopic (exact) mass is 370 g/mol. The number of carbonyl (C=O) groups is 2. The third kappa shape index (κ3) is 5.64. The van der Waals surface area contributed by atoms with Gasteiger partial charge in [-0.05, 0) is 37.0 Å². The molecule has 0 fully saturated rings. The molecule has 2 aromatic carbocycles. The van der Waals surface area contributed by atoms with Gasteiger partial charge in [-0.3, -0.25) is 9.59 Å². The lowest BCUT2D eigenvalue weighted by molar-refractivity contribution is -0.140. The van der Waals surface area contributed by atoms with Gasteiger partial charge in [0.25, 0.3) is 0 Å². The summed E-state index contributed by atoms with van der Waals surface area (Å²) in [5.74, 6) is -0.824. The second kappa shape index (κ2) is 9.86. The van der Waals surface area contributed by atoms with Crippen molar-refractivity contribution in [2.24, 2.45) is 0 Å². The fourth-order valence-corrected chi connectivity index (χ4v) is 2.94. The van der Waals surface area contributed by atoms with E-state index in [4.69, 9.17) is 0 Å². The van der Waals surface area contributed by atoms with Gasteiger partial charge in [0.1, 0.15) is 11.9 Å². The van der Waals surface area contributed by atoms with Crippen LogP contribution in [0.2, 0.25) is 0 Å². The van der Waals surface area contributed by atoms with Crippen molar-refractivity contribution < 1.29 is 14.0 Å². The molecule has 0 aliphatic carbocycles. The van der Waals surface area contributed by atoms with Crippen molar-refractivity contribution in [3.8, 4) is 0 Å². The van der Waals surface area contributed by atoms with Gasteiger partial charge in [-0.25, -0.2) is 4.39 Å². The normalized spacial score (nSPS) is 11.7. The molecule has 0 aliphatic heterocycles. The second-order valence-electron chi connectivity index (χ2n) is 6.57. The fourth-order valence-electron chi connectivity index (χ4n) is 2.94. The van der Waals surface area contributed by atoms with E-state index in [-0.39, 0.29) is 30.6 Å². The lowest BCUT2D eigenvalue weighted by atomic mass is 10.0. The first-order chi connectivity index (χ1) is 13.0. The third-order valence-corrected chi connectivity index (χ3v) is 4.77. The number of nitrogens with one attached hydrogen (secondary N) is 1. The number of halogens is 1. The van der Waals surface area contributed by atoms with Gasteiger partial charge in [0.15, 0.2) is 0 Å². The second-order valence-corrected chi connectivity index (χ2v) is 6.57. The lowest BCUT2D eigenvalue weighted by Gasteiger charge is -2.28. The fraction of sp³-hybridized carbons (Fsp3) is 0.364. The summed E-state index contributed by atoms with van der Waals surface area (Å²) in [5, 5.41) is 2.56. The van der Waals surface area contributed by atoms with Gasteiger partial charge in [-0.1, -0.05) is 49.4 Å². The highest BCUT2D eigenvalue weighted by Gasteiger charge is 2.25. The van der Waals surface area contributed by atoms with Crippen molar-refractivity contribution in [3.63, 3.8) is 0 Å². The molecule has 2 amide bonds. The standard InChI is InChI=1S/C22H27FN2O2/c1-4-17-9-11-18(12-10-17)13-14-21(26)25(16(2)22(27)24-3)15-19-7-5-6-8-20(19)23/h5-12,16H,4,13-15H2,1-3H3,(H,24,27)/t16-/m0/s1. The van der Waals surface area contributed by atoms with E-state index < -0.39 is 6.04 Å². The Morgan fingerprint density at radius 1 is 1.07 bits per heavy atom. The molecule has 0 aromatic heterocycles. The minimum absolute atomic E-state index is 0.0644. The van der Waals surface area contributed by atoms with Gasteiger partial charge in [0.05, 0.1) is 0 Å². The molecule has 0 saturated heterocycles. The SMILES string of the molecule is CCc1ccc(CCC(=O)N(Cc2ccccc2F)[C@@H](C)C(=O)NC)cc1. The predicted octanol–water partition coefficient (Wildman–Crippen LogP) is 3.48. The highest BCUT2D eigenvalue weighted by Crippen LogP contribution is 2.15. The van der Waals surface area contributed by atoms with Crippen molar-refractivity contribution in [2.75, 3.05) is 7.05 Å². The number of amides is 2. The van der Waals surface area contributed by atoms with Crippen molar-refractivity contribution >= 4 is 11.8 Å². The van der Waals surface area contributed by atoms with Crippen LogP contribution in [-0.4, -0.2) is 29.8 Å². The molecule has 2 rings (SSSR count). The molecule has 27 heavy (non-hydrogen) atoms. The summed E-state index contributed by atoms with van der Waals surface area (Å²) in [6.45, 7) is 3.82. The van der Waals surface area contributed by atoms with E-state index in [1.807, 2.05) is 12.1 Å². The highest BCUT2D eigenvalue weighted by molar-refractivity contribution is 5.87. The zero-order valence-electron chi connectivity index (χ0n) is 16.2. The molecule has 5 heteroatoms.